The lowest BCUT2D eigenvalue weighted by Gasteiger charge is -2.26. The average Bonchev–Trinajstić information content (AvgIpc) is 2.62. The molecule has 0 radical (unpaired) electrons. The summed E-state index contributed by atoms with van der Waals surface area (Å²) in [5.74, 6) is -0.822. The summed E-state index contributed by atoms with van der Waals surface area (Å²) in [7, 11) is 0. The fourth-order valence-electron chi connectivity index (χ4n) is 2.49. The van der Waals surface area contributed by atoms with Crippen molar-refractivity contribution in [3.8, 4) is 11.5 Å². The Kier molecular flexibility index (Phi) is 4.70. The Morgan fingerprint density at radius 2 is 1.69 bits per heavy atom. The number of nitrogens with zero attached hydrogens (tertiary/aromatic N) is 1. The Balaban J connectivity index is 1.93. The molecule has 1 heterocycles. The number of benzene rings is 2. The number of anilines is 1. The van der Waals surface area contributed by atoms with Gasteiger partial charge in [0.1, 0.15) is 17.1 Å². The molecule has 0 unspecified atom stereocenters. The molecule has 7 heteroatoms. The quantitative estimate of drug-likeness (QED) is 0.651. The van der Waals surface area contributed by atoms with Crippen LogP contribution in [0.15, 0.2) is 54.1 Å². The summed E-state index contributed by atoms with van der Waals surface area (Å²) in [6, 6.07) is 11.6. The summed E-state index contributed by atoms with van der Waals surface area (Å²) in [5.41, 5.74) is 0.698. The van der Waals surface area contributed by atoms with Crippen LogP contribution < -0.4 is 15.0 Å². The molecule has 2 N–H and O–H groups in total. The number of urea groups is 1. The van der Waals surface area contributed by atoms with E-state index in [4.69, 9.17) is 4.74 Å². The summed E-state index contributed by atoms with van der Waals surface area (Å²) < 4.78 is 5.35. The minimum absolute atomic E-state index is 0.000142. The van der Waals surface area contributed by atoms with Crippen LogP contribution in [0, 0.1) is 0 Å². The van der Waals surface area contributed by atoms with Gasteiger partial charge in [-0.05, 0) is 55.0 Å². The van der Waals surface area contributed by atoms with Gasteiger partial charge in [-0.15, -0.1) is 0 Å². The third-order valence-electron chi connectivity index (χ3n) is 3.71. The van der Waals surface area contributed by atoms with E-state index >= 15 is 0 Å². The van der Waals surface area contributed by atoms with Crippen LogP contribution >= 0.6 is 0 Å². The number of amides is 4. The molecule has 132 valence electrons. The first kappa shape index (κ1) is 17.2. The first-order valence-electron chi connectivity index (χ1n) is 7.93. The van der Waals surface area contributed by atoms with Crippen molar-refractivity contribution in [2.45, 2.75) is 6.92 Å². The second kappa shape index (κ2) is 7.10. The average molecular weight is 352 g/mol. The zero-order valence-corrected chi connectivity index (χ0v) is 13.9. The fourth-order valence-corrected chi connectivity index (χ4v) is 2.49. The van der Waals surface area contributed by atoms with E-state index in [0.29, 0.717) is 17.9 Å². The van der Waals surface area contributed by atoms with E-state index in [2.05, 4.69) is 5.32 Å². The standard InChI is InChI=1S/C19H16N2O5/c1-2-26-15-9-3-12(4-10-15)11-16-17(23)20-19(25)21(18(16)24)13-5-7-14(22)8-6-13/h3-11,22H,2H2,1H3,(H,20,23,25)/b16-11-. The largest absolute Gasteiger partial charge is 0.508 e. The summed E-state index contributed by atoms with van der Waals surface area (Å²) in [4.78, 5) is 37.7. The lowest BCUT2D eigenvalue weighted by Crippen LogP contribution is -2.54. The molecule has 1 fully saturated rings. The predicted octanol–water partition coefficient (Wildman–Crippen LogP) is 2.46. The third kappa shape index (κ3) is 3.41. The van der Waals surface area contributed by atoms with E-state index in [1.54, 1.807) is 24.3 Å². The molecule has 0 bridgehead atoms. The molecular formula is C19H16N2O5. The molecule has 26 heavy (non-hydrogen) atoms. The number of rotatable bonds is 4. The third-order valence-corrected chi connectivity index (χ3v) is 3.71. The van der Waals surface area contributed by atoms with Gasteiger partial charge in [-0.2, -0.15) is 0 Å². The van der Waals surface area contributed by atoms with Crippen LogP contribution in [0.2, 0.25) is 0 Å². The van der Waals surface area contributed by atoms with Crippen molar-refractivity contribution in [2.24, 2.45) is 0 Å². The van der Waals surface area contributed by atoms with Crippen molar-refractivity contribution < 1.29 is 24.2 Å². The number of phenolic OH excluding ortho intramolecular Hbond substituents is 1. The molecule has 1 saturated heterocycles. The van der Waals surface area contributed by atoms with Gasteiger partial charge in [-0.1, -0.05) is 12.1 Å². The van der Waals surface area contributed by atoms with Gasteiger partial charge < -0.3 is 9.84 Å². The molecule has 0 aromatic heterocycles. The van der Waals surface area contributed by atoms with Crippen molar-refractivity contribution >= 4 is 29.6 Å². The van der Waals surface area contributed by atoms with Crippen molar-refractivity contribution in [3.63, 3.8) is 0 Å². The number of phenols is 1. The SMILES string of the molecule is CCOc1ccc(/C=C2/C(=O)NC(=O)N(c3ccc(O)cc3)C2=O)cc1. The summed E-state index contributed by atoms with van der Waals surface area (Å²) >= 11 is 0. The molecule has 0 atom stereocenters. The number of carbonyl (C=O) groups is 3. The first-order chi connectivity index (χ1) is 12.5. The van der Waals surface area contributed by atoms with Crippen LogP contribution in [-0.2, 0) is 9.59 Å². The molecule has 4 amide bonds. The van der Waals surface area contributed by atoms with Gasteiger partial charge in [0.25, 0.3) is 11.8 Å². The highest BCUT2D eigenvalue weighted by molar-refractivity contribution is 6.39. The Morgan fingerprint density at radius 1 is 1.04 bits per heavy atom. The van der Waals surface area contributed by atoms with Crippen LogP contribution in [0.1, 0.15) is 12.5 Å². The summed E-state index contributed by atoms with van der Waals surface area (Å²) in [6.45, 7) is 2.40. The van der Waals surface area contributed by atoms with Gasteiger partial charge in [0.15, 0.2) is 0 Å². The zero-order chi connectivity index (χ0) is 18.7. The molecule has 7 nitrogen and oxygen atoms in total. The molecule has 0 saturated carbocycles. The zero-order valence-electron chi connectivity index (χ0n) is 13.9. The van der Waals surface area contributed by atoms with E-state index in [-0.39, 0.29) is 17.0 Å². The number of hydrogen-bond donors (Lipinski definition) is 2. The van der Waals surface area contributed by atoms with E-state index in [9.17, 15) is 19.5 Å². The van der Waals surface area contributed by atoms with Crippen LogP contribution in [-0.4, -0.2) is 29.6 Å². The smallest absolute Gasteiger partial charge is 0.335 e. The Labute approximate surface area is 149 Å². The van der Waals surface area contributed by atoms with Gasteiger partial charge in [0.05, 0.1) is 12.3 Å². The fraction of sp³-hybridized carbons (Fsp3) is 0.105. The summed E-state index contributed by atoms with van der Waals surface area (Å²) in [5, 5.41) is 11.5. The monoisotopic (exact) mass is 352 g/mol. The maximum atomic E-state index is 12.7. The van der Waals surface area contributed by atoms with Gasteiger partial charge in [-0.25, -0.2) is 9.69 Å². The molecule has 0 aliphatic carbocycles. The van der Waals surface area contributed by atoms with Crippen molar-refractivity contribution in [1.29, 1.82) is 0 Å². The minimum atomic E-state index is -0.838. The maximum Gasteiger partial charge on any atom is 0.335 e. The number of aromatic hydroxyl groups is 1. The second-order valence-corrected chi connectivity index (χ2v) is 5.48. The topological polar surface area (TPSA) is 95.9 Å². The Hall–Kier alpha value is -3.61. The molecule has 1 aliphatic heterocycles. The van der Waals surface area contributed by atoms with Crippen molar-refractivity contribution in [3.05, 3.63) is 59.7 Å². The summed E-state index contributed by atoms with van der Waals surface area (Å²) in [6.07, 6.45) is 1.41. The highest BCUT2D eigenvalue weighted by atomic mass is 16.5. The Morgan fingerprint density at radius 3 is 2.31 bits per heavy atom. The van der Waals surface area contributed by atoms with Crippen LogP contribution in [0.5, 0.6) is 11.5 Å². The van der Waals surface area contributed by atoms with E-state index in [1.165, 1.54) is 30.3 Å². The molecular weight excluding hydrogens is 336 g/mol. The van der Waals surface area contributed by atoms with Crippen LogP contribution in [0.3, 0.4) is 0 Å². The Bertz CT molecular complexity index is 885. The number of ether oxygens (including phenoxy) is 1. The second-order valence-electron chi connectivity index (χ2n) is 5.48. The number of carbonyl (C=O) groups excluding carboxylic acids is 3. The molecule has 0 spiro atoms. The molecule has 2 aromatic carbocycles. The lowest BCUT2D eigenvalue weighted by molar-refractivity contribution is -0.122. The van der Waals surface area contributed by atoms with Gasteiger partial charge in [-0.3, -0.25) is 14.9 Å². The highest BCUT2D eigenvalue weighted by Crippen LogP contribution is 2.24. The highest BCUT2D eigenvalue weighted by Gasteiger charge is 2.36. The minimum Gasteiger partial charge on any atom is -0.508 e. The van der Waals surface area contributed by atoms with E-state index in [0.717, 1.165) is 4.90 Å². The van der Waals surface area contributed by atoms with Gasteiger partial charge in [0, 0.05) is 0 Å². The van der Waals surface area contributed by atoms with Crippen LogP contribution in [0.25, 0.3) is 6.08 Å². The predicted molar refractivity (Wildman–Crippen MR) is 94.7 cm³/mol. The lowest BCUT2D eigenvalue weighted by atomic mass is 10.1. The molecule has 1 aliphatic rings. The van der Waals surface area contributed by atoms with Crippen molar-refractivity contribution in [1.82, 2.24) is 5.32 Å². The van der Waals surface area contributed by atoms with Gasteiger partial charge in [0.2, 0.25) is 0 Å². The first-order valence-corrected chi connectivity index (χ1v) is 7.93. The molecule has 3 rings (SSSR count). The number of hydrogen-bond acceptors (Lipinski definition) is 5. The molecule has 2 aromatic rings. The van der Waals surface area contributed by atoms with E-state index in [1.807, 2.05) is 6.92 Å². The number of imide groups is 2. The number of barbiturate groups is 1. The number of nitrogens with one attached hydrogen (secondary N) is 1. The van der Waals surface area contributed by atoms with E-state index < -0.39 is 17.8 Å². The van der Waals surface area contributed by atoms with Crippen molar-refractivity contribution in [2.75, 3.05) is 11.5 Å². The maximum absolute atomic E-state index is 12.7. The normalized spacial score (nSPS) is 16.0. The van der Waals surface area contributed by atoms with Gasteiger partial charge >= 0.3 is 6.03 Å². The van der Waals surface area contributed by atoms with Crippen LogP contribution in [0.4, 0.5) is 10.5 Å².